The molecule has 0 aromatic heterocycles. The maximum atomic E-state index is 13.5. The standard InChI is InChI=1S/C21H18O.C19H24ClO3P.C15H13BrO.C15H13ClO.C15H13FO/c1-16-7-9-19(10-8-16)21(15-22)20-13-11-18(12-14-20)17-5-3-2-4-6-17;1-5-22-24(21,23-6-2)19(16-9-7-14(3)8-10-16)17-11-12-18(20)15(4)13-17;3*1-11-2-4-12(5-3-11)15(10-17)13-6-8-14(16)9-7-13/h2-15,21H,1H3;7-13,19H,5-6H2,1-4H3;3*2-10,15H,1H3. The van der Waals surface area contributed by atoms with Crippen LogP contribution in [-0.2, 0) is 32.8 Å². The summed E-state index contributed by atoms with van der Waals surface area (Å²) in [7, 11) is -3.37. The third-order valence-electron chi connectivity index (χ3n) is 16.2. The Bertz CT molecular complexity index is 3890. The van der Waals surface area contributed by atoms with E-state index in [0.29, 0.717) is 23.3 Å². The van der Waals surface area contributed by atoms with Gasteiger partial charge in [-0.3, -0.25) is 4.57 Å². The monoisotopic (exact) mass is 1410 g/mol. The summed E-state index contributed by atoms with van der Waals surface area (Å²) in [6.45, 7) is 16.4. The van der Waals surface area contributed by atoms with Crippen molar-refractivity contribution in [2.24, 2.45) is 0 Å². The van der Waals surface area contributed by atoms with Gasteiger partial charge in [-0.05, 0) is 170 Å². The minimum absolute atomic E-state index is 0.177. The molecule has 0 bridgehead atoms. The highest BCUT2D eigenvalue weighted by atomic mass is 79.9. The summed E-state index contributed by atoms with van der Waals surface area (Å²) in [5.41, 5.74) is 18.3. The van der Waals surface area contributed by atoms with E-state index in [4.69, 9.17) is 32.2 Å². The molecular weight excluding hydrogens is 1330 g/mol. The summed E-state index contributed by atoms with van der Waals surface area (Å²) in [6.07, 6.45) is 3.86. The largest absolute Gasteiger partial charge is 0.342 e. The predicted octanol–water partition coefficient (Wildman–Crippen LogP) is 22.8. The zero-order valence-corrected chi connectivity index (χ0v) is 59.8. The maximum absolute atomic E-state index is 13.5. The topological polar surface area (TPSA) is 104 Å². The van der Waals surface area contributed by atoms with Crippen molar-refractivity contribution in [3.8, 4) is 11.1 Å². The lowest BCUT2D eigenvalue weighted by Crippen LogP contribution is -2.09. The summed E-state index contributed by atoms with van der Waals surface area (Å²) < 4.78 is 38.6. The number of rotatable bonds is 20. The third kappa shape index (κ3) is 22.4. The van der Waals surface area contributed by atoms with Crippen molar-refractivity contribution >= 4 is 71.9 Å². The van der Waals surface area contributed by atoms with E-state index in [-0.39, 0.29) is 29.5 Å². The van der Waals surface area contributed by atoms with Crippen LogP contribution in [0.25, 0.3) is 11.1 Å². The lowest BCUT2D eigenvalue weighted by Gasteiger charge is -2.27. The van der Waals surface area contributed by atoms with Crippen molar-refractivity contribution < 1.29 is 37.2 Å². The molecule has 11 rings (SSSR count). The molecule has 0 saturated carbocycles. The van der Waals surface area contributed by atoms with E-state index < -0.39 is 13.3 Å². The van der Waals surface area contributed by atoms with E-state index in [1.54, 1.807) is 12.1 Å². The van der Waals surface area contributed by atoms with Gasteiger partial charge < -0.3 is 28.2 Å². The molecule has 496 valence electrons. The van der Waals surface area contributed by atoms with Gasteiger partial charge in [-0.1, -0.05) is 291 Å². The number of carbonyl (C=O) groups is 4. The molecule has 0 aliphatic heterocycles. The molecule has 11 aromatic carbocycles. The van der Waals surface area contributed by atoms with Crippen LogP contribution in [0.2, 0.25) is 10.0 Å². The highest BCUT2D eigenvalue weighted by Gasteiger charge is 2.38. The molecule has 5 unspecified atom stereocenters. The molecule has 0 heterocycles. The molecule has 0 saturated heterocycles. The van der Waals surface area contributed by atoms with Crippen molar-refractivity contribution in [2.45, 2.75) is 84.7 Å². The zero-order valence-electron chi connectivity index (χ0n) is 55.8. The van der Waals surface area contributed by atoms with Crippen LogP contribution in [0.1, 0.15) is 132 Å². The molecule has 97 heavy (non-hydrogen) atoms. The number of halogens is 4. The number of benzene rings is 11. The van der Waals surface area contributed by atoms with Gasteiger partial charge in [0.1, 0.15) is 36.6 Å². The van der Waals surface area contributed by atoms with Gasteiger partial charge in [-0.2, -0.15) is 0 Å². The summed E-state index contributed by atoms with van der Waals surface area (Å²) in [6, 6.07) is 85.5. The van der Waals surface area contributed by atoms with Gasteiger partial charge in [-0.25, -0.2) is 4.39 Å². The van der Waals surface area contributed by atoms with Crippen molar-refractivity contribution in [3.05, 3.63) is 376 Å². The Morgan fingerprint density at radius 2 is 0.649 bits per heavy atom. The minimum atomic E-state index is -3.37. The van der Waals surface area contributed by atoms with E-state index >= 15 is 0 Å². The van der Waals surface area contributed by atoms with Gasteiger partial charge in [0.05, 0.1) is 36.9 Å². The normalized spacial score (nSPS) is 12.3. The van der Waals surface area contributed by atoms with Crippen LogP contribution in [0, 0.1) is 47.4 Å². The quantitative estimate of drug-likeness (QED) is 0.0553. The number of hydrogen-bond acceptors (Lipinski definition) is 7. The Morgan fingerprint density at radius 1 is 0.371 bits per heavy atom. The van der Waals surface area contributed by atoms with Crippen molar-refractivity contribution in [1.29, 1.82) is 0 Å². The van der Waals surface area contributed by atoms with E-state index in [0.717, 1.165) is 108 Å². The van der Waals surface area contributed by atoms with Crippen LogP contribution >= 0.6 is 46.7 Å². The molecule has 7 nitrogen and oxygen atoms in total. The average Bonchev–Trinajstić information content (AvgIpc) is 0.790. The molecule has 0 N–H and O–H groups in total. The number of aryl methyl sites for hydroxylation is 6. The molecule has 0 amide bonds. The first-order valence-corrected chi connectivity index (χ1v) is 35.2. The summed E-state index contributed by atoms with van der Waals surface area (Å²) in [5.74, 6) is -1.21. The average molecular weight is 1420 g/mol. The fourth-order valence-corrected chi connectivity index (χ4v) is 13.4. The lowest BCUT2D eigenvalue weighted by atomic mass is 9.91. The third-order valence-corrected chi connectivity index (χ3v) is 19.8. The van der Waals surface area contributed by atoms with Crippen molar-refractivity contribution in [2.75, 3.05) is 13.2 Å². The first kappa shape index (κ1) is 75.6. The van der Waals surface area contributed by atoms with Crippen LogP contribution in [-0.4, -0.2) is 38.4 Å². The van der Waals surface area contributed by atoms with Gasteiger partial charge in [0.15, 0.2) is 0 Å². The Morgan fingerprint density at radius 3 is 0.969 bits per heavy atom. The van der Waals surface area contributed by atoms with Gasteiger partial charge in [0.25, 0.3) is 0 Å². The van der Waals surface area contributed by atoms with Crippen molar-refractivity contribution in [3.63, 3.8) is 0 Å². The van der Waals surface area contributed by atoms with Crippen LogP contribution in [0.15, 0.2) is 271 Å². The highest BCUT2D eigenvalue weighted by Crippen LogP contribution is 2.63. The van der Waals surface area contributed by atoms with E-state index in [9.17, 15) is 28.1 Å². The first-order valence-electron chi connectivity index (χ1n) is 32.0. The molecule has 0 aliphatic carbocycles. The van der Waals surface area contributed by atoms with E-state index in [1.807, 2.05) is 274 Å². The van der Waals surface area contributed by atoms with Crippen LogP contribution in [0.4, 0.5) is 4.39 Å². The Hall–Kier alpha value is -8.76. The Balaban J connectivity index is 0.000000172. The van der Waals surface area contributed by atoms with Gasteiger partial charge in [0.2, 0.25) is 0 Å². The fraction of sp³-hybridized carbons (Fsp3) is 0.176. The maximum Gasteiger partial charge on any atom is 0.342 e. The SMILES string of the molecule is CCOP(=O)(OCC)C(c1ccc(C)cc1)c1ccc(Cl)c(C)c1.Cc1ccc(C(C=O)c2ccc(-c3ccccc3)cc2)cc1.Cc1ccc(C(C=O)c2ccc(Br)cc2)cc1.Cc1ccc(C(C=O)c2ccc(Cl)cc2)cc1.Cc1ccc(C(C=O)c2ccc(F)cc2)cc1. The van der Waals surface area contributed by atoms with E-state index in [1.165, 1.54) is 34.4 Å². The number of aldehydes is 4. The molecule has 11 aromatic rings. The van der Waals surface area contributed by atoms with Gasteiger partial charge in [0, 0.05) is 14.5 Å². The molecule has 0 spiro atoms. The smallest absolute Gasteiger partial charge is 0.308 e. The number of carbonyl (C=O) groups excluding carboxylic acids is 4. The second-order valence-corrected chi connectivity index (χ2v) is 27.3. The first-order chi connectivity index (χ1) is 46.8. The molecule has 5 atom stereocenters. The Labute approximate surface area is 590 Å². The van der Waals surface area contributed by atoms with Gasteiger partial charge in [-0.15, -0.1) is 0 Å². The lowest BCUT2D eigenvalue weighted by molar-refractivity contribution is -0.109. The Kier molecular flexibility index (Phi) is 29.8. The van der Waals surface area contributed by atoms with E-state index in [2.05, 4.69) is 40.2 Å². The summed E-state index contributed by atoms with van der Waals surface area (Å²) >= 11 is 15.4. The number of hydrogen-bond donors (Lipinski definition) is 0. The second-order valence-electron chi connectivity index (χ2n) is 23.4. The minimum Gasteiger partial charge on any atom is -0.308 e. The second kappa shape index (κ2) is 38.3. The zero-order chi connectivity index (χ0) is 69.9. The summed E-state index contributed by atoms with van der Waals surface area (Å²) in [4.78, 5) is 45.2. The van der Waals surface area contributed by atoms with Crippen LogP contribution in [0.3, 0.4) is 0 Å². The fourth-order valence-electron chi connectivity index (χ4n) is 10.7. The van der Waals surface area contributed by atoms with Gasteiger partial charge >= 0.3 is 7.60 Å². The molecule has 12 heteroatoms. The van der Waals surface area contributed by atoms with Crippen molar-refractivity contribution in [1.82, 2.24) is 0 Å². The van der Waals surface area contributed by atoms with Crippen LogP contribution < -0.4 is 0 Å². The molecule has 0 radical (unpaired) electrons. The highest BCUT2D eigenvalue weighted by molar-refractivity contribution is 9.10. The molecule has 0 aliphatic rings. The molecular formula is C85H81BrCl2FO7P. The predicted molar refractivity (Wildman–Crippen MR) is 400 cm³/mol. The summed E-state index contributed by atoms with van der Waals surface area (Å²) in [5, 5.41) is 1.37. The van der Waals surface area contributed by atoms with Crippen LogP contribution in [0.5, 0.6) is 0 Å². The molecule has 0 fully saturated rings.